The van der Waals surface area contributed by atoms with Crippen LogP contribution in [-0.2, 0) is 3.45 Å². The second-order valence-electron chi connectivity index (χ2n) is 5.22. The van der Waals surface area contributed by atoms with Crippen molar-refractivity contribution in [3.63, 3.8) is 0 Å². The molecule has 1 aromatic carbocycles. The molecule has 0 amide bonds. The van der Waals surface area contributed by atoms with E-state index in [-0.39, 0.29) is 0 Å². The molecule has 0 radical (unpaired) electrons. The predicted molar refractivity (Wildman–Crippen MR) is 81.8 cm³/mol. The van der Waals surface area contributed by atoms with Crippen molar-refractivity contribution in [3.05, 3.63) is 30.3 Å². The van der Waals surface area contributed by atoms with Gasteiger partial charge in [-0.1, -0.05) is 0 Å². The van der Waals surface area contributed by atoms with Crippen molar-refractivity contribution in [1.29, 1.82) is 0 Å². The molecule has 0 unspecified atom stereocenters. The van der Waals surface area contributed by atoms with Crippen molar-refractivity contribution >= 4 is 27.1 Å². The molecule has 0 aliphatic carbocycles. The van der Waals surface area contributed by atoms with Crippen molar-refractivity contribution in [2.45, 2.75) is 49.6 Å². The van der Waals surface area contributed by atoms with Crippen LogP contribution < -0.4 is 5.19 Å². The summed E-state index contributed by atoms with van der Waals surface area (Å²) < 4.78 is 6.79. The molecule has 0 heterocycles. The van der Waals surface area contributed by atoms with Crippen LogP contribution in [0.3, 0.4) is 0 Å². The summed E-state index contributed by atoms with van der Waals surface area (Å²) in [6.45, 7) is 11.7. The van der Waals surface area contributed by atoms with Gasteiger partial charge >= 0.3 is 111 Å². The molecule has 1 aromatic rings. The fourth-order valence-electron chi connectivity index (χ4n) is 2.41. The summed E-state index contributed by atoms with van der Waals surface area (Å²) >= 11 is -2.02. The minimum atomic E-state index is -2.02. The van der Waals surface area contributed by atoms with Gasteiger partial charge in [-0.2, -0.15) is 0 Å². The third-order valence-electron chi connectivity index (χ3n) is 3.87. The summed E-state index contributed by atoms with van der Waals surface area (Å²) in [7, 11) is -1.69. The van der Waals surface area contributed by atoms with Gasteiger partial charge in [0.25, 0.3) is 0 Å². The second-order valence-corrected chi connectivity index (χ2v) is 19.7. The van der Waals surface area contributed by atoms with E-state index in [1.54, 1.807) is 0 Å². The molecule has 0 saturated heterocycles. The summed E-state index contributed by atoms with van der Waals surface area (Å²) in [6, 6.07) is 10.8. The first-order valence-corrected chi connectivity index (χ1v) is 15.0. The van der Waals surface area contributed by atoms with Crippen molar-refractivity contribution in [1.82, 2.24) is 0 Å². The molecular weight excluding hydrogens is 285 g/mol. The monoisotopic (exact) mass is 312 g/mol. The van der Waals surface area contributed by atoms with Crippen LogP contribution in [0.1, 0.15) is 20.8 Å². The molecule has 0 fully saturated rings. The van der Waals surface area contributed by atoms with Gasteiger partial charge in [0.2, 0.25) is 0 Å². The molecule has 0 N–H and O–H groups in total. The van der Waals surface area contributed by atoms with Gasteiger partial charge in [-0.05, 0) is 0 Å². The van der Waals surface area contributed by atoms with Crippen LogP contribution in [0, 0.1) is 0 Å². The summed E-state index contributed by atoms with van der Waals surface area (Å²) in [4.78, 5) is 0. The molecule has 0 aliphatic rings. The maximum atomic E-state index is 6.79. The standard InChI is InChI=1S/C14H26GeOSi/c1-6-15(7-2,8-3)16-17(4,5)14-12-10-9-11-13-14/h9-13H,6-8H2,1-5H3. The van der Waals surface area contributed by atoms with Crippen LogP contribution in [0.2, 0.25) is 28.9 Å². The van der Waals surface area contributed by atoms with E-state index in [1.165, 1.54) is 20.9 Å². The number of rotatable bonds is 6. The Bertz CT molecular complexity index is 325. The Kier molecular flexibility index (Phi) is 5.48. The Labute approximate surface area is 110 Å². The number of hydrogen-bond donors (Lipinski definition) is 0. The van der Waals surface area contributed by atoms with E-state index in [9.17, 15) is 0 Å². The molecule has 3 heteroatoms. The molecule has 0 saturated carbocycles. The van der Waals surface area contributed by atoms with Crippen molar-refractivity contribution < 1.29 is 3.45 Å². The van der Waals surface area contributed by atoms with Gasteiger partial charge in [0, 0.05) is 0 Å². The average molecular weight is 311 g/mol. The SMILES string of the molecule is C[CH2][Ge]([CH2]C)([CH2]C)[O][Si](C)(C)c1ccccc1. The van der Waals surface area contributed by atoms with E-state index in [4.69, 9.17) is 3.45 Å². The molecule has 0 aliphatic heterocycles. The molecule has 0 spiro atoms. The second kappa shape index (κ2) is 6.21. The Morgan fingerprint density at radius 3 is 1.82 bits per heavy atom. The van der Waals surface area contributed by atoms with Crippen LogP contribution in [0.25, 0.3) is 0 Å². The normalized spacial score (nSPS) is 12.8. The van der Waals surface area contributed by atoms with Crippen molar-refractivity contribution in [3.8, 4) is 0 Å². The summed E-state index contributed by atoms with van der Waals surface area (Å²) in [6.07, 6.45) is 0. The maximum absolute atomic E-state index is 6.79. The third kappa shape index (κ3) is 3.70. The zero-order chi connectivity index (χ0) is 12.9. The first kappa shape index (κ1) is 15.0. The fraction of sp³-hybridized carbons (Fsp3) is 0.571. The van der Waals surface area contributed by atoms with E-state index in [0.29, 0.717) is 0 Å². The molecular formula is C14H26GeOSi. The van der Waals surface area contributed by atoms with Gasteiger partial charge < -0.3 is 0 Å². The molecule has 1 rings (SSSR count). The predicted octanol–water partition coefficient (Wildman–Crippen LogP) is 4.12. The number of benzene rings is 1. The van der Waals surface area contributed by atoms with Gasteiger partial charge in [-0.15, -0.1) is 0 Å². The van der Waals surface area contributed by atoms with Gasteiger partial charge in [0.05, 0.1) is 0 Å². The first-order chi connectivity index (χ1) is 7.99. The average Bonchev–Trinajstić information content (AvgIpc) is 2.37. The van der Waals surface area contributed by atoms with Crippen LogP contribution in [0.5, 0.6) is 0 Å². The molecule has 0 bridgehead atoms. The third-order valence-corrected chi connectivity index (χ3v) is 20.6. The van der Waals surface area contributed by atoms with Gasteiger partial charge in [0.1, 0.15) is 0 Å². The van der Waals surface area contributed by atoms with Crippen LogP contribution in [0.4, 0.5) is 0 Å². The summed E-state index contributed by atoms with van der Waals surface area (Å²) in [5.41, 5.74) is 0. The van der Waals surface area contributed by atoms with E-state index in [2.05, 4.69) is 64.2 Å². The van der Waals surface area contributed by atoms with Gasteiger partial charge in [-0.3, -0.25) is 0 Å². The van der Waals surface area contributed by atoms with Crippen LogP contribution in [-0.4, -0.2) is 21.9 Å². The Morgan fingerprint density at radius 1 is 0.941 bits per heavy atom. The van der Waals surface area contributed by atoms with Crippen LogP contribution in [0.15, 0.2) is 30.3 Å². The van der Waals surface area contributed by atoms with E-state index >= 15 is 0 Å². The zero-order valence-electron chi connectivity index (χ0n) is 11.9. The summed E-state index contributed by atoms with van der Waals surface area (Å²) in [5.74, 6) is 0. The van der Waals surface area contributed by atoms with Gasteiger partial charge in [0.15, 0.2) is 0 Å². The zero-order valence-corrected chi connectivity index (χ0v) is 15.0. The molecule has 1 nitrogen and oxygen atoms in total. The quantitative estimate of drug-likeness (QED) is 0.718. The van der Waals surface area contributed by atoms with E-state index < -0.39 is 21.9 Å². The number of hydrogen-bond acceptors (Lipinski definition) is 1. The molecule has 0 aromatic heterocycles. The molecule has 0 atom stereocenters. The van der Waals surface area contributed by atoms with Crippen molar-refractivity contribution in [2.75, 3.05) is 0 Å². The first-order valence-electron chi connectivity index (χ1n) is 6.75. The Hall–Kier alpha value is -0.0603. The minimum absolute atomic E-state index is 1.29. The molecule has 17 heavy (non-hydrogen) atoms. The summed E-state index contributed by atoms with van der Waals surface area (Å²) in [5, 5.41) is 5.30. The van der Waals surface area contributed by atoms with Crippen molar-refractivity contribution in [2.24, 2.45) is 0 Å². The topological polar surface area (TPSA) is 9.23 Å². The van der Waals surface area contributed by atoms with Gasteiger partial charge in [-0.25, -0.2) is 0 Å². The van der Waals surface area contributed by atoms with E-state index in [0.717, 1.165) is 0 Å². The Morgan fingerprint density at radius 2 is 1.41 bits per heavy atom. The fourth-order valence-corrected chi connectivity index (χ4v) is 18.5. The van der Waals surface area contributed by atoms with Crippen LogP contribution >= 0.6 is 0 Å². The molecule has 96 valence electrons. The van der Waals surface area contributed by atoms with E-state index in [1.807, 2.05) is 0 Å². The Balaban J connectivity index is 2.92.